The van der Waals surface area contributed by atoms with Crippen LogP contribution in [0.3, 0.4) is 0 Å². The van der Waals surface area contributed by atoms with E-state index in [1.807, 2.05) is 12.1 Å². The second kappa shape index (κ2) is 6.48. The van der Waals surface area contributed by atoms with E-state index in [2.05, 4.69) is 26.2 Å². The number of rotatable bonds is 3. The number of hydrogen-bond acceptors (Lipinski definition) is 4. The Morgan fingerprint density at radius 3 is 2.90 bits per heavy atom. The summed E-state index contributed by atoms with van der Waals surface area (Å²) in [5, 5.41) is 1.17. The highest BCUT2D eigenvalue weighted by atomic mass is 32.2. The van der Waals surface area contributed by atoms with Crippen molar-refractivity contribution in [2.45, 2.75) is 27.2 Å². The van der Waals surface area contributed by atoms with E-state index in [0.717, 1.165) is 17.7 Å². The number of carbonyl (C=O) groups excluding carboxylic acids is 1. The van der Waals surface area contributed by atoms with Gasteiger partial charge >= 0.3 is 5.97 Å². The maximum Gasteiger partial charge on any atom is 0.330 e. The van der Waals surface area contributed by atoms with Crippen LogP contribution in [0.1, 0.15) is 31.9 Å². The Balaban J connectivity index is 2.25. The van der Waals surface area contributed by atoms with Gasteiger partial charge in [-0.25, -0.2) is 9.79 Å². The van der Waals surface area contributed by atoms with Crippen molar-refractivity contribution in [3.63, 3.8) is 0 Å². The number of carbonyl (C=O) groups is 1. The lowest BCUT2D eigenvalue weighted by atomic mass is 9.83. The van der Waals surface area contributed by atoms with Crippen molar-refractivity contribution in [3.05, 3.63) is 35.4 Å². The van der Waals surface area contributed by atoms with Gasteiger partial charge in [-0.3, -0.25) is 0 Å². The fourth-order valence-electron chi connectivity index (χ4n) is 2.45. The first-order chi connectivity index (χ1) is 9.96. The molecule has 0 saturated carbocycles. The number of fused-ring (bicyclic) bond motifs is 1. The first-order valence-corrected chi connectivity index (χ1v) is 8.29. The number of ether oxygens (including phenoxy) is 1. The molecule has 21 heavy (non-hydrogen) atoms. The molecule has 0 N–H and O–H groups in total. The molecular formula is C17H21NO2S. The molecule has 1 aromatic carbocycles. The van der Waals surface area contributed by atoms with Gasteiger partial charge < -0.3 is 4.74 Å². The van der Waals surface area contributed by atoms with Crippen molar-refractivity contribution in [1.82, 2.24) is 0 Å². The van der Waals surface area contributed by atoms with Gasteiger partial charge in [0.15, 0.2) is 0 Å². The van der Waals surface area contributed by atoms with Crippen LogP contribution in [0, 0.1) is 5.41 Å². The van der Waals surface area contributed by atoms with Crippen molar-refractivity contribution in [2.24, 2.45) is 10.4 Å². The lowest BCUT2D eigenvalue weighted by Crippen LogP contribution is -2.26. The number of esters is 1. The van der Waals surface area contributed by atoms with Crippen LogP contribution in [0.15, 0.2) is 29.3 Å². The molecule has 1 aliphatic heterocycles. The smallest absolute Gasteiger partial charge is 0.330 e. The first-order valence-electron chi connectivity index (χ1n) is 7.07. The lowest BCUT2D eigenvalue weighted by Gasteiger charge is -2.30. The molecule has 0 amide bonds. The van der Waals surface area contributed by atoms with E-state index in [1.165, 1.54) is 16.7 Å². The van der Waals surface area contributed by atoms with Gasteiger partial charge in [-0.1, -0.05) is 19.9 Å². The van der Waals surface area contributed by atoms with Crippen molar-refractivity contribution in [3.8, 4) is 0 Å². The minimum Gasteiger partial charge on any atom is -0.463 e. The predicted molar refractivity (Wildman–Crippen MR) is 90.2 cm³/mol. The molecule has 2 rings (SSSR count). The molecule has 0 atom stereocenters. The van der Waals surface area contributed by atoms with Gasteiger partial charge in [0.1, 0.15) is 0 Å². The zero-order chi connectivity index (χ0) is 15.5. The van der Waals surface area contributed by atoms with Crippen LogP contribution >= 0.6 is 11.8 Å². The summed E-state index contributed by atoms with van der Waals surface area (Å²) < 4.78 is 4.89. The fourth-order valence-corrected chi connectivity index (χ4v) is 3.26. The summed E-state index contributed by atoms with van der Waals surface area (Å²) in [6.07, 6.45) is 6.29. The molecule has 1 aliphatic rings. The quantitative estimate of drug-likeness (QED) is 0.619. The third-order valence-electron chi connectivity index (χ3n) is 3.43. The molecule has 0 aromatic heterocycles. The molecule has 0 saturated heterocycles. The number of aliphatic imine (C=N–C) groups is 1. The Labute approximate surface area is 130 Å². The first kappa shape index (κ1) is 15.8. The minimum absolute atomic E-state index is 0.0654. The summed E-state index contributed by atoms with van der Waals surface area (Å²) in [5.74, 6) is -0.307. The van der Waals surface area contributed by atoms with E-state index in [0.29, 0.717) is 6.61 Å². The van der Waals surface area contributed by atoms with Crippen LogP contribution in [-0.4, -0.2) is 23.9 Å². The molecule has 0 unspecified atom stereocenters. The van der Waals surface area contributed by atoms with Crippen molar-refractivity contribution in [2.75, 3.05) is 12.9 Å². The SMILES string of the molecule is CCOC(=O)/C=C/c1ccc2c(c1)CC(C)(C)C(SC)=N2. The summed E-state index contributed by atoms with van der Waals surface area (Å²) in [7, 11) is 0. The zero-order valence-electron chi connectivity index (χ0n) is 13.0. The Morgan fingerprint density at radius 1 is 1.48 bits per heavy atom. The van der Waals surface area contributed by atoms with Crippen molar-refractivity contribution >= 4 is 34.5 Å². The van der Waals surface area contributed by atoms with Crippen molar-refractivity contribution < 1.29 is 9.53 Å². The second-order valence-corrected chi connectivity index (χ2v) is 6.45. The van der Waals surface area contributed by atoms with Gasteiger partial charge in [0, 0.05) is 11.5 Å². The largest absolute Gasteiger partial charge is 0.463 e. The molecular weight excluding hydrogens is 282 g/mol. The molecule has 1 heterocycles. The van der Waals surface area contributed by atoms with Crippen LogP contribution in [0.4, 0.5) is 5.69 Å². The number of thioether (sulfide) groups is 1. The molecule has 4 heteroatoms. The highest BCUT2D eigenvalue weighted by Gasteiger charge is 2.29. The average molecular weight is 303 g/mol. The van der Waals surface area contributed by atoms with E-state index in [4.69, 9.17) is 9.73 Å². The van der Waals surface area contributed by atoms with Crippen molar-refractivity contribution in [1.29, 1.82) is 0 Å². The Bertz CT molecular complexity index is 603. The molecule has 0 radical (unpaired) electrons. The van der Waals surface area contributed by atoms with E-state index in [-0.39, 0.29) is 11.4 Å². The van der Waals surface area contributed by atoms with Gasteiger partial charge in [-0.05, 0) is 48.9 Å². The highest BCUT2D eigenvalue weighted by molar-refractivity contribution is 8.13. The summed E-state index contributed by atoms with van der Waals surface area (Å²) in [4.78, 5) is 16.1. The normalized spacial score (nSPS) is 16.5. The topological polar surface area (TPSA) is 38.7 Å². The summed E-state index contributed by atoms with van der Waals surface area (Å²) in [6, 6.07) is 6.10. The van der Waals surface area contributed by atoms with Crippen LogP contribution in [-0.2, 0) is 16.0 Å². The van der Waals surface area contributed by atoms with E-state index >= 15 is 0 Å². The van der Waals surface area contributed by atoms with Crippen LogP contribution in [0.5, 0.6) is 0 Å². The Hall–Kier alpha value is -1.55. The molecule has 0 bridgehead atoms. The molecule has 3 nitrogen and oxygen atoms in total. The number of hydrogen-bond donors (Lipinski definition) is 0. The van der Waals surface area contributed by atoms with Gasteiger partial charge in [-0.15, -0.1) is 11.8 Å². The molecule has 0 spiro atoms. The Kier molecular flexibility index (Phi) is 4.88. The monoisotopic (exact) mass is 303 g/mol. The zero-order valence-corrected chi connectivity index (χ0v) is 13.8. The third kappa shape index (κ3) is 3.76. The van der Waals surface area contributed by atoms with E-state index in [1.54, 1.807) is 24.8 Å². The van der Waals surface area contributed by atoms with Crippen LogP contribution < -0.4 is 0 Å². The summed E-state index contributed by atoms with van der Waals surface area (Å²) in [5.41, 5.74) is 3.33. The van der Waals surface area contributed by atoms with Crippen LogP contribution in [0.2, 0.25) is 0 Å². The van der Waals surface area contributed by atoms with E-state index < -0.39 is 0 Å². The number of benzene rings is 1. The molecule has 0 fully saturated rings. The lowest BCUT2D eigenvalue weighted by molar-refractivity contribution is -0.137. The van der Waals surface area contributed by atoms with E-state index in [9.17, 15) is 4.79 Å². The average Bonchev–Trinajstić information content (AvgIpc) is 2.43. The second-order valence-electron chi connectivity index (χ2n) is 5.66. The summed E-state index contributed by atoms with van der Waals surface area (Å²) >= 11 is 1.71. The molecule has 112 valence electrons. The van der Waals surface area contributed by atoms with Gasteiger partial charge in [0.2, 0.25) is 0 Å². The minimum atomic E-state index is -0.307. The number of nitrogens with zero attached hydrogens (tertiary/aromatic N) is 1. The standard InChI is InChI=1S/C17H21NO2S/c1-5-20-15(19)9-7-12-6-8-14-13(10-12)11-17(2,3)16(18-14)21-4/h6-10H,5,11H2,1-4H3/b9-7+. The fraction of sp³-hybridized carbons (Fsp3) is 0.412. The Morgan fingerprint density at radius 2 is 2.24 bits per heavy atom. The van der Waals surface area contributed by atoms with Gasteiger partial charge in [-0.2, -0.15) is 0 Å². The van der Waals surface area contributed by atoms with Gasteiger partial charge in [0.05, 0.1) is 17.3 Å². The third-order valence-corrected chi connectivity index (χ3v) is 4.46. The highest BCUT2D eigenvalue weighted by Crippen LogP contribution is 2.39. The van der Waals surface area contributed by atoms with Crippen LogP contribution in [0.25, 0.3) is 6.08 Å². The molecule has 0 aliphatic carbocycles. The van der Waals surface area contributed by atoms with Gasteiger partial charge in [0.25, 0.3) is 0 Å². The summed E-state index contributed by atoms with van der Waals surface area (Å²) in [6.45, 7) is 6.63. The maximum atomic E-state index is 11.4. The molecule has 1 aromatic rings. The maximum absolute atomic E-state index is 11.4. The predicted octanol–water partition coefficient (Wildman–Crippen LogP) is 4.24.